The van der Waals surface area contributed by atoms with Crippen LogP contribution in [0, 0.1) is 12.3 Å². The van der Waals surface area contributed by atoms with Gasteiger partial charge in [0.05, 0.1) is 0 Å². The standard InChI is InChI=1S/C16H12ClNO/c1-2-12-4-3-5-15(10-12)18-16(19)14-8-6-13(11-17)7-9-14/h1,3-10H,11H2,(H,18,19). The van der Waals surface area contributed by atoms with Crippen LogP contribution in [-0.2, 0) is 5.88 Å². The number of amides is 1. The Balaban J connectivity index is 2.13. The Kier molecular flexibility index (Phi) is 4.22. The summed E-state index contributed by atoms with van der Waals surface area (Å²) in [5.41, 5.74) is 2.98. The molecule has 0 saturated carbocycles. The lowest BCUT2D eigenvalue weighted by Gasteiger charge is -2.06. The molecule has 0 aliphatic carbocycles. The van der Waals surface area contributed by atoms with Crippen LogP contribution in [0.15, 0.2) is 48.5 Å². The van der Waals surface area contributed by atoms with Crippen LogP contribution >= 0.6 is 11.6 Å². The Labute approximate surface area is 117 Å². The number of hydrogen-bond acceptors (Lipinski definition) is 1. The minimum Gasteiger partial charge on any atom is -0.322 e. The summed E-state index contributed by atoms with van der Waals surface area (Å²) in [5, 5.41) is 2.80. The van der Waals surface area contributed by atoms with Gasteiger partial charge in [-0.25, -0.2) is 0 Å². The van der Waals surface area contributed by atoms with E-state index in [1.165, 1.54) is 0 Å². The third-order valence-electron chi connectivity index (χ3n) is 2.66. The highest BCUT2D eigenvalue weighted by molar-refractivity contribution is 6.17. The lowest BCUT2D eigenvalue weighted by atomic mass is 10.1. The van der Waals surface area contributed by atoms with E-state index in [0.29, 0.717) is 17.1 Å². The van der Waals surface area contributed by atoms with Crippen molar-refractivity contribution in [3.8, 4) is 12.3 Å². The van der Waals surface area contributed by atoms with Crippen molar-refractivity contribution in [3.63, 3.8) is 0 Å². The topological polar surface area (TPSA) is 29.1 Å². The zero-order chi connectivity index (χ0) is 13.7. The molecular weight excluding hydrogens is 258 g/mol. The van der Waals surface area contributed by atoms with E-state index in [1.807, 2.05) is 18.2 Å². The highest BCUT2D eigenvalue weighted by Gasteiger charge is 2.06. The molecule has 2 aromatic rings. The number of terminal acetylenes is 1. The predicted octanol–water partition coefficient (Wildman–Crippen LogP) is 3.66. The minimum atomic E-state index is -0.171. The molecule has 1 N–H and O–H groups in total. The highest BCUT2D eigenvalue weighted by Crippen LogP contribution is 2.13. The van der Waals surface area contributed by atoms with Crippen LogP contribution in [0.5, 0.6) is 0 Å². The molecule has 0 atom stereocenters. The molecule has 0 aromatic heterocycles. The van der Waals surface area contributed by atoms with Gasteiger partial charge in [0.1, 0.15) is 0 Å². The summed E-state index contributed by atoms with van der Waals surface area (Å²) in [4.78, 5) is 12.0. The summed E-state index contributed by atoms with van der Waals surface area (Å²) in [7, 11) is 0. The first kappa shape index (κ1) is 13.2. The Morgan fingerprint density at radius 2 is 1.95 bits per heavy atom. The smallest absolute Gasteiger partial charge is 0.255 e. The first-order valence-electron chi connectivity index (χ1n) is 5.76. The second-order valence-corrected chi connectivity index (χ2v) is 4.28. The van der Waals surface area contributed by atoms with Crippen molar-refractivity contribution in [2.75, 3.05) is 5.32 Å². The largest absolute Gasteiger partial charge is 0.322 e. The summed E-state index contributed by atoms with van der Waals surface area (Å²) in [6.07, 6.45) is 5.32. The molecule has 0 fully saturated rings. The first-order valence-corrected chi connectivity index (χ1v) is 6.29. The van der Waals surface area contributed by atoms with Crippen molar-refractivity contribution in [3.05, 3.63) is 65.2 Å². The fourth-order valence-electron chi connectivity index (χ4n) is 1.64. The lowest BCUT2D eigenvalue weighted by molar-refractivity contribution is 0.102. The van der Waals surface area contributed by atoms with Gasteiger partial charge in [0, 0.05) is 22.7 Å². The van der Waals surface area contributed by atoms with Gasteiger partial charge in [0.25, 0.3) is 5.91 Å². The third kappa shape index (κ3) is 3.37. The molecule has 0 aliphatic rings. The van der Waals surface area contributed by atoms with Crippen LogP contribution in [0.4, 0.5) is 5.69 Å². The van der Waals surface area contributed by atoms with Gasteiger partial charge in [-0.1, -0.05) is 24.1 Å². The van der Waals surface area contributed by atoms with Crippen LogP contribution < -0.4 is 5.32 Å². The average molecular weight is 270 g/mol. The Morgan fingerprint density at radius 1 is 1.21 bits per heavy atom. The van der Waals surface area contributed by atoms with Crippen LogP contribution in [0.1, 0.15) is 21.5 Å². The highest BCUT2D eigenvalue weighted by atomic mass is 35.5. The molecule has 94 valence electrons. The number of nitrogens with one attached hydrogen (secondary N) is 1. The van der Waals surface area contributed by atoms with E-state index in [-0.39, 0.29) is 5.91 Å². The summed E-state index contributed by atoms with van der Waals surface area (Å²) in [6, 6.07) is 14.3. The normalized spacial score (nSPS) is 9.68. The van der Waals surface area contributed by atoms with Crippen LogP contribution in [-0.4, -0.2) is 5.91 Å². The first-order chi connectivity index (χ1) is 9.22. The second-order valence-electron chi connectivity index (χ2n) is 4.01. The average Bonchev–Trinajstić information content (AvgIpc) is 2.47. The summed E-state index contributed by atoms with van der Waals surface area (Å²) in [6.45, 7) is 0. The number of carbonyl (C=O) groups is 1. The van der Waals surface area contributed by atoms with Crippen molar-refractivity contribution in [1.82, 2.24) is 0 Å². The van der Waals surface area contributed by atoms with Crippen LogP contribution in [0.3, 0.4) is 0 Å². The monoisotopic (exact) mass is 269 g/mol. The number of hydrogen-bond donors (Lipinski definition) is 1. The van der Waals surface area contributed by atoms with Gasteiger partial charge < -0.3 is 5.32 Å². The molecule has 0 radical (unpaired) electrons. The number of benzene rings is 2. The number of carbonyl (C=O) groups excluding carboxylic acids is 1. The molecule has 0 saturated heterocycles. The van der Waals surface area contributed by atoms with Gasteiger partial charge in [0.15, 0.2) is 0 Å². The van der Waals surface area contributed by atoms with Crippen molar-refractivity contribution >= 4 is 23.2 Å². The summed E-state index contributed by atoms with van der Waals surface area (Å²) >= 11 is 5.70. The minimum absolute atomic E-state index is 0.171. The fourth-order valence-corrected chi connectivity index (χ4v) is 1.81. The van der Waals surface area contributed by atoms with E-state index in [0.717, 1.165) is 11.1 Å². The lowest BCUT2D eigenvalue weighted by Crippen LogP contribution is -2.11. The molecule has 2 rings (SSSR count). The van der Waals surface area contributed by atoms with E-state index in [4.69, 9.17) is 18.0 Å². The summed E-state index contributed by atoms with van der Waals surface area (Å²) in [5.74, 6) is 2.80. The maximum absolute atomic E-state index is 12.0. The molecular formula is C16H12ClNO. The zero-order valence-electron chi connectivity index (χ0n) is 10.2. The van der Waals surface area contributed by atoms with E-state index >= 15 is 0 Å². The van der Waals surface area contributed by atoms with Gasteiger partial charge in [-0.05, 0) is 35.9 Å². The van der Waals surface area contributed by atoms with Crippen molar-refractivity contribution in [2.24, 2.45) is 0 Å². The molecule has 1 amide bonds. The Bertz CT molecular complexity index is 626. The van der Waals surface area contributed by atoms with Gasteiger partial charge in [-0.2, -0.15) is 0 Å². The third-order valence-corrected chi connectivity index (χ3v) is 2.97. The quantitative estimate of drug-likeness (QED) is 0.669. The molecule has 0 spiro atoms. The molecule has 0 bridgehead atoms. The number of anilines is 1. The maximum atomic E-state index is 12.0. The molecule has 19 heavy (non-hydrogen) atoms. The van der Waals surface area contributed by atoms with E-state index < -0.39 is 0 Å². The Morgan fingerprint density at radius 3 is 2.58 bits per heavy atom. The molecule has 2 nitrogen and oxygen atoms in total. The van der Waals surface area contributed by atoms with E-state index in [1.54, 1.807) is 30.3 Å². The van der Waals surface area contributed by atoms with E-state index in [9.17, 15) is 4.79 Å². The zero-order valence-corrected chi connectivity index (χ0v) is 10.9. The van der Waals surface area contributed by atoms with Crippen molar-refractivity contribution in [2.45, 2.75) is 5.88 Å². The van der Waals surface area contributed by atoms with Gasteiger partial charge >= 0.3 is 0 Å². The maximum Gasteiger partial charge on any atom is 0.255 e. The SMILES string of the molecule is C#Cc1cccc(NC(=O)c2ccc(CCl)cc2)c1. The molecule has 0 unspecified atom stereocenters. The summed E-state index contributed by atoms with van der Waals surface area (Å²) < 4.78 is 0. The van der Waals surface area contributed by atoms with Crippen LogP contribution in [0.2, 0.25) is 0 Å². The predicted molar refractivity (Wildman–Crippen MR) is 78.3 cm³/mol. The van der Waals surface area contributed by atoms with Gasteiger partial charge in [0.2, 0.25) is 0 Å². The van der Waals surface area contributed by atoms with Gasteiger partial charge in [-0.15, -0.1) is 18.0 Å². The van der Waals surface area contributed by atoms with E-state index in [2.05, 4.69) is 11.2 Å². The molecule has 3 heteroatoms. The molecule has 0 aliphatic heterocycles. The van der Waals surface area contributed by atoms with Crippen molar-refractivity contribution < 1.29 is 4.79 Å². The number of halogens is 1. The Hall–Kier alpha value is -2.24. The second kappa shape index (κ2) is 6.08. The number of rotatable bonds is 3. The van der Waals surface area contributed by atoms with Gasteiger partial charge in [-0.3, -0.25) is 4.79 Å². The van der Waals surface area contributed by atoms with Crippen LogP contribution in [0.25, 0.3) is 0 Å². The molecule has 2 aromatic carbocycles. The fraction of sp³-hybridized carbons (Fsp3) is 0.0625. The van der Waals surface area contributed by atoms with Crippen molar-refractivity contribution in [1.29, 1.82) is 0 Å². The number of alkyl halides is 1. The molecule has 0 heterocycles.